The van der Waals surface area contributed by atoms with Crippen LogP contribution in [0, 0.1) is 11.8 Å². The van der Waals surface area contributed by atoms with Crippen LogP contribution in [0.25, 0.3) is 0 Å². The summed E-state index contributed by atoms with van der Waals surface area (Å²) in [5.41, 5.74) is -0.710. The maximum atomic E-state index is 13.6. The Morgan fingerprint density at radius 1 is 0.700 bits per heavy atom. The first-order valence-corrected chi connectivity index (χ1v) is 14.0. The van der Waals surface area contributed by atoms with Gasteiger partial charge in [-0.25, -0.2) is 0 Å². The zero-order chi connectivity index (χ0) is 29.2. The third-order valence-corrected chi connectivity index (χ3v) is 7.19. The van der Waals surface area contributed by atoms with Gasteiger partial charge in [0.2, 0.25) is 0 Å². The maximum absolute atomic E-state index is 13.6. The quantitative estimate of drug-likeness (QED) is 0.511. The van der Waals surface area contributed by atoms with Crippen LogP contribution < -0.4 is 10.6 Å². The Hall–Kier alpha value is -3.36. The summed E-state index contributed by atoms with van der Waals surface area (Å²) in [5, 5.41) is 6.23. The summed E-state index contributed by atoms with van der Waals surface area (Å²) >= 11 is 0. The predicted octanol–water partition coefficient (Wildman–Crippen LogP) is 4.37. The lowest BCUT2D eigenvalue weighted by Crippen LogP contribution is -2.55. The largest absolute Gasteiger partial charge is 0.355 e. The predicted molar refractivity (Wildman–Crippen MR) is 160 cm³/mol. The minimum atomic E-state index is -1.31. The maximum Gasteiger partial charge on any atom is 0.257 e. The van der Waals surface area contributed by atoms with Crippen LogP contribution in [0.1, 0.15) is 52.7 Å². The molecule has 2 N–H and O–H groups in total. The number of carbonyl (C=O) groups is 2. The summed E-state index contributed by atoms with van der Waals surface area (Å²) in [6.45, 7) is 12.6. The number of hydrogen-bond donors (Lipinski definition) is 2. The normalized spacial score (nSPS) is 26.4. The fourth-order valence-corrected chi connectivity index (χ4v) is 4.09. The molecule has 0 aromatic heterocycles. The second kappa shape index (κ2) is 14.3. The van der Waals surface area contributed by atoms with E-state index in [1.54, 1.807) is 26.3 Å². The molecule has 3 rings (SSSR count). The van der Waals surface area contributed by atoms with Crippen molar-refractivity contribution in [2.45, 2.75) is 78.0 Å². The SMILES string of the molecule is CC(C)[C@@H]1CN=C[C@](C)(OCc2ccccc2)C(=O)N[C@H](C(C)C)CN=C[C@](C)(OCc2ccccc2)C(=O)N1. The van der Waals surface area contributed by atoms with Crippen molar-refractivity contribution in [3.8, 4) is 0 Å². The molecule has 0 unspecified atom stereocenters. The van der Waals surface area contributed by atoms with Gasteiger partial charge in [0, 0.05) is 12.4 Å². The summed E-state index contributed by atoms with van der Waals surface area (Å²) in [7, 11) is 0. The topological polar surface area (TPSA) is 101 Å². The van der Waals surface area contributed by atoms with E-state index < -0.39 is 11.2 Å². The van der Waals surface area contributed by atoms with Crippen molar-refractivity contribution in [1.82, 2.24) is 10.6 Å². The zero-order valence-corrected chi connectivity index (χ0v) is 24.6. The smallest absolute Gasteiger partial charge is 0.257 e. The number of amides is 2. The van der Waals surface area contributed by atoms with Gasteiger partial charge < -0.3 is 20.1 Å². The van der Waals surface area contributed by atoms with Gasteiger partial charge in [0.05, 0.1) is 38.4 Å². The zero-order valence-electron chi connectivity index (χ0n) is 24.6. The van der Waals surface area contributed by atoms with Crippen LogP contribution in [0.2, 0.25) is 0 Å². The van der Waals surface area contributed by atoms with E-state index >= 15 is 0 Å². The number of carbonyl (C=O) groups excluding carboxylic acids is 2. The van der Waals surface area contributed by atoms with Crippen LogP contribution in [0.3, 0.4) is 0 Å². The number of hydrogen-bond acceptors (Lipinski definition) is 6. The highest BCUT2D eigenvalue weighted by Crippen LogP contribution is 2.18. The molecule has 0 saturated heterocycles. The number of nitrogens with zero attached hydrogens (tertiary/aromatic N) is 2. The monoisotopic (exact) mass is 548 g/mol. The molecule has 0 aliphatic carbocycles. The molecular formula is C32H44N4O4. The van der Waals surface area contributed by atoms with Crippen LogP contribution in [-0.4, -0.2) is 60.6 Å². The standard InChI is InChI=1S/C32H44N4O4/c1-23(2)27-17-33-21-32(6,40-20-26-15-11-8-12-16-26)30(38)36-28(24(3)4)18-34-22-31(5,29(37)35-27)39-19-25-13-9-7-10-14-25/h7-16,21-24,27-28H,17-20H2,1-6H3,(H,35,37)(H,36,38)/t27-,28-,31-,32-/m0/s1. The van der Waals surface area contributed by atoms with Gasteiger partial charge >= 0.3 is 0 Å². The van der Waals surface area contributed by atoms with E-state index in [2.05, 4.69) is 20.6 Å². The summed E-state index contributed by atoms with van der Waals surface area (Å²) < 4.78 is 12.3. The van der Waals surface area contributed by atoms with Crippen LogP contribution >= 0.6 is 0 Å². The first-order valence-electron chi connectivity index (χ1n) is 14.0. The number of rotatable bonds is 8. The molecule has 1 heterocycles. The van der Waals surface area contributed by atoms with Crippen LogP contribution in [0.5, 0.6) is 0 Å². The van der Waals surface area contributed by atoms with Gasteiger partial charge in [-0.05, 0) is 36.8 Å². The highest BCUT2D eigenvalue weighted by Gasteiger charge is 2.37. The van der Waals surface area contributed by atoms with Crippen LogP contribution in [0.15, 0.2) is 70.6 Å². The second-order valence-electron chi connectivity index (χ2n) is 11.4. The molecular weight excluding hydrogens is 504 g/mol. The highest BCUT2D eigenvalue weighted by molar-refractivity contribution is 6.02. The molecule has 1 aliphatic heterocycles. The molecule has 2 aromatic carbocycles. The molecule has 1 aliphatic rings. The van der Waals surface area contributed by atoms with Crippen molar-refractivity contribution in [1.29, 1.82) is 0 Å². The molecule has 0 spiro atoms. The van der Waals surface area contributed by atoms with Gasteiger partial charge in [-0.2, -0.15) is 0 Å². The van der Waals surface area contributed by atoms with E-state index in [1.165, 1.54) is 0 Å². The van der Waals surface area contributed by atoms with E-state index in [4.69, 9.17) is 9.47 Å². The molecule has 4 atom stereocenters. The minimum Gasteiger partial charge on any atom is -0.355 e. The molecule has 0 saturated carbocycles. The molecule has 0 radical (unpaired) electrons. The second-order valence-corrected chi connectivity index (χ2v) is 11.4. The Bertz CT molecular complexity index is 1060. The van der Waals surface area contributed by atoms with E-state index in [0.29, 0.717) is 0 Å². The van der Waals surface area contributed by atoms with Gasteiger partial charge in [0.1, 0.15) is 0 Å². The molecule has 0 fully saturated rings. The van der Waals surface area contributed by atoms with Crippen LogP contribution in [-0.2, 0) is 32.3 Å². The average Bonchev–Trinajstić information content (AvgIpc) is 2.94. The molecule has 0 bridgehead atoms. The molecule has 40 heavy (non-hydrogen) atoms. The highest BCUT2D eigenvalue weighted by atomic mass is 16.5. The Labute approximate surface area is 238 Å². The lowest BCUT2D eigenvalue weighted by Gasteiger charge is -2.31. The van der Waals surface area contributed by atoms with Crippen LogP contribution in [0.4, 0.5) is 0 Å². The fourth-order valence-electron chi connectivity index (χ4n) is 4.09. The molecule has 2 amide bonds. The Morgan fingerprint density at radius 2 is 1.05 bits per heavy atom. The summed E-state index contributed by atoms with van der Waals surface area (Å²) in [6.07, 6.45) is 3.12. The van der Waals surface area contributed by atoms with Gasteiger partial charge in [-0.1, -0.05) is 88.4 Å². The number of benzene rings is 2. The summed E-state index contributed by atoms with van der Waals surface area (Å²) in [6, 6.07) is 18.8. The summed E-state index contributed by atoms with van der Waals surface area (Å²) in [4.78, 5) is 36.5. The lowest BCUT2D eigenvalue weighted by atomic mass is 9.99. The Morgan fingerprint density at radius 3 is 1.38 bits per heavy atom. The third kappa shape index (κ3) is 8.83. The van der Waals surface area contributed by atoms with Gasteiger partial charge in [0.15, 0.2) is 11.2 Å². The van der Waals surface area contributed by atoms with Gasteiger partial charge in [-0.15, -0.1) is 0 Å². The summed E-state index contributed by atoms with van der Waals surface area (Å²) in [5.74, 6) is -0.405. The fraction of sp³-hybridized carbons (Fsp3) is 0.500. The first kappa shape index (κ1) is 31.2. The van der Waals surface area contributed by atoms with Crippen molar-refractivity contribution in [3.63, 3.8) is 0 Å². The molecule has 8 heteroatoms. The van der Waals surface area contributed by atoms with Crippen molar-refractivity contribution in [3.05, 3.63) is 71.8 Å². The molecule has 8 nitrogen and oxygen atoms in total. The average molecular weight is 549 g/mol. The van der Waals surface area contributed by atoms with E-state index in [-0.39, 0.29) is 62.0 Å². The van der Waals surface area contributed by atoms with Gasteiger partial charge in [-0.3, -0.25) is 19.6 Å². The Kier molecular flexibility index (Phi) is 11.2. The number of aliphatic imine (C=N–C) groups is 2. The van der Waals surface area contributed by atoms with E-state index in [0.717, 1.165) is 11.1 Å². The third-order valence-electron chi connectivity index (χ3n) is 7.19. The first-order chi connectivity index (χ1) is 19.0. The van der Waals surface area contributed by atoms with Crippen molar-refractivity contribution >= 4 is 24.2 Å². The molecule has 2 aromatic rings. The molecule has 216 valence electrons. The van der Waals surface area contributed by atoms with Gasteiger partial charge in [0.25, 0.3) is 11.8 Å². The number of nitrogens with one attached hydrogen (secondary N) is 2. The van der Waals surface area contributed by atoms with Crippen molar-refractivity contribution in [2.24, 2.45) is 21.8 Å². The van der Waals surface area contributed by atoms with E-state index in [9.17, 15) is 9.59 Å². The van der Waals surface area contributed by atoms with E-state index in [1.807, 2.05) is 88.4 Å². The minimum absolute atomic E-state index is 0.0833. The van der Waals surface area contributed by atoms with Crippen molar-refractivity contribution in [2.75, 3.05) is 13.1 Å². The Balaban J connectivity index is 1.89. The lowest BCUT2D eigenvalue weighted by molar-refractivity contribution is -0.139. The number of ether oxygens (including phenoxy) is 2. The van der Waals surface area contributed by atoms with Crippen molar-refractivity contribution < 1.29 is 19.1 Å².